The Morgan fingerprint density at radius 2 is 2.18 bits per heavy atom. The number of hydrogen-bond acceptors (Lipinski definition) is 1. The van der Waals surface area contributed by atoms with Crippen LogP contribution in [0.5, 0.6) is 0 Å². The summed E-state index contributed by atoms with van der Waals surface area (Å²) in [6.45, 7) is 1.89. The highest BCUT2D eigenvalue weighted by molar-refractivity contribution is 5.11. The minimum atomic E-state index is -2.46. The van der Waals surface area contributed by atoms with E-state index in [0.29, 0.717) is 12.1 Å². The Balaban J connectivity index is 2.91. The van der Waals surface area contributed by atoms with Crippen LogP contribution in [0.3, 0.4) is 0 Å². The summed E-state index contributed by atoms with van der Waals surface area (Å²) in [5.41, 5.74) is 0.576. The average molecular weight is 157 g/mol. The molecule has 0 saturated carbocycles. The van der Waals surface area contributed by atoms with Gasteiger partial charge < -0.3 is 0 Å². The van der Waals surface area contributed by atoms with Gasteiger partial charge in [0.1, 0.15) is 5.69 Å². The number of pyridine rings is 1. The summed E-state index contributed by atoms with van der Waals surface area (Å²) in [6.07, 6.45) is -1.76. The number of nitrogens with zero attached hydrogens (tertiary/aromatic N) is 1. The fraction of sp³-hybridized carbons (Fsp3) is 0.375. The third-order valence-corrected chi connectivity index (χ3v) is 1.41. The van der Waals surface area contributed by atoms with Gasteiger partial charge in [-0.1, -0.05) is 13.0 Å². The molecule has 11 heavy (non-hydrogen) atoms. The molecule has 1 heterocycles. The van der Waals surface area contributed by atoms with E-state index in [-0.39, 0.29) is 5.69 Å². The Morgan fingerprint density at radius 3 is 2.73 bits per heavy atom. The van der Waals surface area contributed by atoms with Gasteiger partial charge in [-0.25, -0.2) is 8.78 Å². The highest BCUT2D eigenvalue weighted by Gasteiger charge is 2.07. The Labute approximate surface area is 64.1 Å². The van der Waals surface area contributed by atoms with Crippen molar-refractivity contribution < 1.29 is 8.78 Å². The summed E-state index contributed by atoms with van der Waals surface area (Å²) in [5, 5.41) is 0. The third kappa shape index (κ3) is 1.97. The number of aryl methyl sites for hydroxylation is 1. The molecule has 0 fully saturated rings. The van der Waals surface area contributed by atoms with Gasteiger partial charge >= 0.3 is 0 Å². The monoisotopic (exact) mass is 157 g/mol. The molecule has 0 bridgehead atoms. The van der Waals surface area contributed by atoms with Crippen molar-refractivity contribution in [3.8, 4) is 0 Å². The lowest BCUT2D eigenvalue weighted by atomic mass is 10.2. The minimum absolute atomic E-state index is 0.135. The summed E-state index contributed by atoms with van der Waals surface area (Å²) in [4.78, 5) is 3.74. The van der Waals surface area contributed by atoms with Crippen molar-refractivity contribution in [3.63, 3.8) is 0 Å². The molecular weight excluding hydrogens is 148 g/mol. The number of aromatic nitrogens is 1. The van der Waals surface area contributed by atoms with E-state index in [9.17, 15) is 8.78 Å². The first kappa shape index (κ1) is 8.11. The molecule has 0 radical (unpaired) electrons. The predicted molar refractivity (Wildman–Crippen MR) is 38.6 cm³/mol. The van der Waals surface area contributed by atoms with Crippen molar-refractivity contribution in [2.75, 3.05) is 0 Å². The van der Waals surface area contributed by atoms with Crippen LogP contribution >= 0.6 is 0 Å². The van der Waals surface area contributed by atoms with Gasteiger partial charge in [0.15, 0.2) is 0 Å². The largest absolute Gasteiger partial charge is 0.280 e. The topological polar surface area (TPSA) is 12.9 Å². The van der Waals surface area contributed by atoms with Gasteiger partial charge in [-0.2, -0.15) is 0 Å². The van der Waals surface area contributed by atoms with Crippen LogP contribution in [-0.4, -0.2) is 4.98 Å². The van der Waals surface area contributed by atoms with Gasteiger partial charge in [0.05, 0.1) is 0 Å². The quantitative estimate of drug-likeness (QED) is 0.643. The molecule has 0 aromatic carbocycles. The first-order valence-electron chi connectivity index (χ1n) is 3.48. The van der Waals surface area contributed by atoms with Crippen LogP contribution in [0.1, 0.15) is 24.7 Å². The standard InChI is InChI=1S/C8H9F2N/c1-2-6-4-3-5-7(11-6)8(9)10/h3-5,8H,2H2,1H3. The fourth-order valence-electron chi connectivity index (χ4n) is 0.817. The zero-order valence-electron chi connectivity index (χ0n) is 6.22. The van der Waals surface area contributed by atoms with Crippen LogP contribution in [0, 0.1) is 0 Å². The summed E-state index contributed by atoms with van der Waals surface area (Å²) < 4.78 is 24.0. The Morgan fingerprint density at radius 1 is 1.45 bits per heavy atom. The zero-order valence-corrected chi connectivity index (χ0v) is 6.22. The fourth-order valence-corrected chi connectivity index (χ4v) is 0.817. The molecule has 0 saturated heterocycles. The van der Waals surface area contributed by atoms with Crippen molar-refractivity contribution >= 4 is 0 Å². The molecule has 0 aliphatic carbocycles. The van der Waals surface area contributed by atoms with Crippen molar-refractivity contribution in [1.82, 2.24) is 4.98 Å². The number of alkyl halides is 2. The van der Waals surface area contributed by atoms with Crippen molar-refractivity contribution in [2.45, 2.75) is 19.8 Å². The van der Waals surface area contributed by atoms with Crippen molar-refractivity contribution in [1.29, 1.82) is 0 Å². The lowest BCUT2D eigenvalue weighted by Gasteiger charge is -1.99. The lowest BCUT2D eigenvalue weighted by Crippen LogP contribution is -1.93. The minimum Gasteiger partial charge on any atom is -0.252 e. The molecule has 0 spiro atoms. The van der Waals surface area contributed by atoms with E-state index < -0.39 is 6.43 Å². The van der Waals surface area contributed by atoms with Crippen LogP contribution < -0.4 is 0 Å². The lowest BCUT2D eigenvalue weighted by molar-refractivity contribution is 0.146. The van der Waals surface area contributed by atoms with Crippen molar-refractivity contribution in [3.05, 3.63) is 29.6 Å². The van der Waals surface area contributed by atoms with E-state index in [4.69, 9.17) is 0 Å². The predicted octanol–water partition coefficient (Wildman–Crippen LogP) is 2.58. The maximum absolute atomic E-state index is 12.0. The maximum Gasteiger partial charge on any atom is 0.280 e. The highest BCUT2D eigenvalue weighted by Crippen LogP contribution is 2.15. The van der Waals surface area contributed by atoms with E-state index in [1.807, 2.05) is 6.92 Å². The normalized spacial score (nSPS) is 10.5. The van der Waals surface area contributed by atoms with E-state index in [1.54, 1.807) is 12.1 Å². The molecule has 0 N–H and O–H groups in total. The van der Waals surface area contributed by atoms with Gasteiger partial charge in [0, 0.05) is 5.69 Å². The van der Waals surface area contributed by atoms with Gasteiger partial charge in [0.25, 0.3) is 6.43 Å². The summed E-state index contributed by atoms with van der Waals surface area (Å²) >= 11 is 0. The molecule has 1 rings (SSSR count). The van der Waals surface area contributed by atoms with Gasteiger partial charge in [0.2, 0.25) is 0 Å². The van der Waals surface area contributed by atoms with E-state index in [2.05, 4.69) is 4.98 Å². The van der Waals surface area contributed by atoms with Crippen LogP contribution in [0.4, 0.5) is 8.78 Å². The van der Waals surface area contributed by atoms with Crippen molar-refractivity contribution in [2.24, 2.45) is 0 Å². The van der Waals surface area contributed by atoms with Crippen LogP contribution in [-0.2, 0) is 6.42 Å². The molecule has 0 unspecified atom stereocenters. The molecule has 60 valence electrons. The third-order valence-electron chi connectivity index (χ3n) is 1.41. The second-order valence-electron chi connectivity index (χ2n) is 2.21. The Hall–Kier alpha value is -0.990. The molecule has 0 atom stereocenters. The summed E-state index contributed by atoms with van der Waals surface area (Å²) in [6, 6.07) is 4.68. The summed E-state index contributed by atoms with van der Waals surface area (Å²) in [7, 11) is 0. The van der Waals surface area contributed by atoms with Crippen LogP contribution in [0.15, 0.2) is 18.2 Å². The number of halogens is 2. The molecular formula is C8H9F2N. The van der Waals surface area contributed by atoms with E-state index >= 15 is 0 Å². The maximum atomic E-state index is 12.0. The first-order valence-corrected chi connectivity index (χ1v) is 3.48. The molecule has 1 nitrogen and oxygen atoms in total. The Bertz CT molecular complexity index is 235. The first-order chi connectivity index (χ1) is 5.24. The molecule has 3 heteroatoms. The average Bonchev–Trinajstić information content (AvgIpc) is 2.05. The molecule has 1 aromatic heterocycles. The SMILES string of the molecule is CCc1cccc(C(F)F)n1. The van der Waals surface area contributed by atoms with E-state index in [1.165, 1.54) is 6.07 Å². The van der Waals surface area contributed by atoms with Crippen LogP contribution in [0.25, 0.3) is 0 Å². The second-order valence-corrected chi connectivity index (χ2v) is 2.21. The zero-order chi connectivity index (χ0) is 8.27. The molecule has 0 aliphatic rings. The molecule has 0 amide bonds. The number of rotatable bonds is 2. The van der Waals surface area contributed by atoms with Crippen LogP contribution in [0.2, 0.25) is 0 Å². The summed E-state index contributed by atoms with van der Waals surface area (Å²) in [5.74, 6) is 0. The van der Waals surface area contributed by atoms with Gasteiger partial charge in [-0.05, 0) is 18.6 Å². The smallest absolute Gasteiger partial charge is 0.252 e. The Kier molecular flexibility index (Phi) is 2.52. The van der Waals surface area contributed by atoms with E-state index in [0.717, 1.165) is 0 Å². The van der Waals surface area contributed by atoms with Gasteiger partial charge in [-0.15, -0.1) is 0 Å². The number of hydrogen-bond donors (Lipinski definition) is 0. The second kappa shape index (κ2) is 3.42. The molecule has 0 aliphatic heterocycles. The van der Waals surface area contributed by atoms with Gasteiger partial charge in [-0.3, -0.25) is 4.98 Å². The molecule has 1 aromatic rings. The highest BCUT2D eigenvalue weighted by atomic mass is 19.3.